The molecule has 6 nitrogen and oxygen atoms in total. The predicted octanol–water partition coefficient (Wildman–Crippen LogP) is 3.84. The molecule has 0 bridgehead atoms. The third-order valence-corrected chi connectivity index (χ3v) is 4.61. The van der Waals surface area contributed by atoms with Crippen LogP contribution in [0.5, 0.6) is 11.5 Å². The highest BCUT2D eigenvalue weighted by Gasteiger charge is 2.11. The van der Waals surface area contributed by atoms with Crippen LogP contribution >= 0.6 is 0 Å². The Morgan fingerprint density at radius 3 is 2.84 bits per heavy atom. The Morgan fingerprint density at radius 2 is 2.06 bits per heavy atom. The van der Waals surface area contributed by atoms with Gasteiger partial charge in [0, 0.05) is 23.6 Å². The van der Waals surface area contributed by atoms with Crippen LogP contribution in [0.4, 0.5) is 0 Å². The van der Waals surface area contributed by atoms with E-state index in [9.17, 15) is 10.1 Å². The molecule has 2 aromatic carbocycles. The Balaban J connectivity index is 1.67. The minimum atomic E-state index is -0.423. The number of H-pyrrole nitrogens is 1. The van der Waals surface area contributed by atoms with Crippen LogP contribution in [-0.2, 0) is 11.2 Å². The number of hydrogen-bond donors (Lipinski definition) is 2. The summed E-state index contributed by atoms with van der Waals surface area (Å²) in [4.78, 5) is 15.7. The summed E-state index contributed by atoms with van der Waals surface area (Å²) in [6.45, 7) is 2.84. The first kappa shape index (κ1) is 21.5. The molecule has 1 aromatic heterocycles. The largest absolute Gasteiger partial charge is 0.490 e. The van der Waals surface area contributed by atoms with E-state index in [1.807, 2.05) is 43.5 Å². The molecule has 0 aliphatic heterocycles. The molecule has 31 heavy (non-hydrogen) atoms. The maximum Gasteiger partial charge on any atom is 0.261 e. The molecule has 0 aliphatic carbocycles. The third-order valence-electron chi connectivity index (χ3n) is 4.61. The van der Waals surface area contributed by atoms with E-state index >= 15 is 0 Å². The van der Waals surface area contributed by atoms with E-state index in [1.54, 1.807) is 18.2 Å². The maximum absolute atomic E-state index is 12.5. The van der Waals surface area contributed by atoms with Gasteiger partial charge < -0.3 is 19.8 Å². The van der Waals surface area contributed by atoms with Crippen LogP contribution < -0.4 is 14.8 Å². The number of nitrogens with one attached hydrogen (secondary N) is 2. The van der Waals surface area contributed by atoms with Crippen molar-refractivity contribution in [3.05, 3.63) is 65.4 Å². The van der Waals surface area contributed by atoms with E-state index < -0.39 is 5.91 Å². The SMILES string of the molecule is C#CCOc1ccc(/C=C(\C#N)C(=O)NCCc2c[nH]c3ccccc23)cc1OCC. The molecule has 0 atom stereocenters. The third kappa shape index (κ3) is 5.46. The summed E-state index contributed by atoms with van der Waals surface area (Å²) in [6, 6.07) is 15.1. The van der Waals surface area contributed by atoms with Gasteiger partial charge in [-0.2, -0.15) is 5.26 Å². The average Bonchev–Trinajstić information content (AvgIpc) is 3.20. The Kier molecular flexibility index (Phi) is 7.35. The molecule has 0 spiro atoms. The lowest BCUT2D eigenvalue weighted by Crippen LogP contribution is -2.26. The molecule has 0 saturated carbocycles. The summed E-state index contributed by atoms with van der Waals surface area (Å²) in [7, 11) is 0. The fourth-order valence-corrected chi connectivity index (χ4v) is 3.18. The number of benzene rings is 2. The molecule has 0 fully saturated rings. The number of ether oxygens (including phenoxy) is 2. The normalized spacial score (nSPS) is 10.9. The van der Waals surface area contributed by atoms with E-state index in [-0.39, 0.29) is 12.2 Å². The van der Waals surface area contributed by atoms with Crippen LogP contribution in [0.25, 0.3) is 17.0 Å². The summed E-state index contributed by atoms with van der Waals surface area (Å²) < 4.78 is 11.0. The van der Waals surface area contributed by atoms with E-state index in [4.69, 9.17) is 15.9 Å². The highest BCUT2D eigenvalue weighted by atomic mass is 16.5. The number of nitriles is 1. The van der Waals surface area contributed by atoms with Crippen LogP contribution in [0.15, 0.2) is 54.2 Å². The van der Waals surface area contributed by atoms with Gasteiger partial charge >= 0.3 is 0 Å². The lowest BCUT2D eigenvalue weighted by Gasteiger charge is -2.11. The molecular formula is C25H23N3O3. The Bertz CT molecular complexity index is 1180. The number of aromatic nitrogens is 1. The van der Waals surface area contributed by atoms with Gasteiger partial charge in [-0.3, -0.25) is 4.79 Å². The number of rotatable bonds is 9. The lowest BCUT2D eigenvalue weighted by molar-refractivity contribution is -0.117. The van der Waals surface area contributed by atoms with Crippen molar-refractivity contribution in [2.24, 2.45) is 0 Å². The van der Waals surface area contributed by atoms with Gasteiger partial charge in [0.1, 0.15) is 18.2 Å². The molecule has 0 saturated heterocycles. The first-order valence-electron chi connectivity index (χ1n) is 9.94. The number of carbonyl (C=O) groups is 1. The van der Waals surface area contributed by atoms with Crippen LogP contribution in [0.2, 0.25) is 0 Å². The van der Waals surface area contributed by atoms with Gasteiger partial charge in [-0.1, -0.05) is 30.2 Å². The molecule has 1 heterocycles. The van der Waals surface area contributed by atoms with Crippen molar-refractivity contribution in [1.29, 1.82) is 5.26 Å². The summed E-state index contributed by atoms with van der Waals surface area (Å²) >= 11 is 0. The number of carbonyl (C=O) groups excluding carboxylic acids is 1. The Morgan fingerprint density at radius 1 is 1.23 bits per heavy atom. The summed E-state index contributed by atoms with van der Waals surface area (Å²) in [5, 5.41) is 13.4. The minimum Gasteiger partial charge on any atom is -0.490 e. The first-order valence-corrected chi connectivity index (χ1v) is 9.94. The number of fused-ring (bicyclic) bond motifs is 1. The molecule has 6 heteroatoms. The van der Waals surface area contributed by atoms with Crippen molar-refractivity contribution in [2.45, 2.75) is 13.3 Å². The number of terminal acetylenes is 1. The zero-order valence-electron chi connectivity index (χ0n) is 17.3. The van der Waals surface area contributed by atoms with Crippen LogP contribution in [0, 0.1) is 23.7 Å². The lowest BCUT2D eigenvalue weighted by atomic mass is 10.1. The number of hydrogen-bond acceptors (Lipinski definition) is 4. The monoisotopic (exact) mass is 413 g/mol. The minimum absolute atomic E-state index is 0.0127. The van der Waals surface area contributed by atoms with Gasteiger partial charge in [0.25, 0.3) is 5.91 Å². The first-order chi connectivity index (χ1) is 15.2. The molecular weight excluding hydrogens is 390 g/mol. The smallest absolute Gasteiger partial charge is 0.261 e. The standard InChI is InChI=1S/C25H23N3O3/c1-3-13-31-23-10-9-18(15-24(23)30-4-2)14-20(16-26)25(29)27-12-11-19-17-28-22-8-6-5-7-21(19)22/h1,5-10,14-15,17,28H,4,11-13H2,2H3,(H,27,29)/b20-14+. The zero-order chi connectivity index (χ0) is 22.1. The summed E-state index contributed by atoms with van der Waals surface area (Å²) in [6.07, 6.45) is 9.36. The maximum atomic E-state index is 12.5. The van der Waals surface area contributed by atoms with Gasteiger partial charge in [0.15, 0.2) is 11.5 Å². The molecule has 0 unspecified atom stereocenters. The number of nitrogens with zero attached hydrogens (tertiary/aromatic N) is 1. The van der Waals surface area contributed by atoms with Gasteiger partial charge in [0.05, 0.1) is 6.61 Å². The van der Waals surface area contributed by atoms with Crippen molar-refractivity contribution in [3.63, 3.8) is 0 Å². The molecule has 2 N–H and O–H groups in total. The van der Waals surface area contributed by atoms with E-state index in [0.717, 1.165) is 16.5 Å². The number of amides is 1. The highest BCUT2D eigenvalue weighted by molar-refractivity contribution is 6.01. The Labute approximate surface area is 181 Å². The van der Waals surface area contributed by atoms with Crippen LogP contribution in [-0.4, -0.2) is 30.6 Å². The quantitative estimate of drug-likeness (QED) is 0.317. The van der Waals surface area contributed by atoms with Gasteiger partial charge in [-0.25, -0.2) is 0 Å². The zero-order valence-corrected chi connectivity index (χ0v) is 17.3. The van der Waals surface area contributed by atoms with E-state index in [1.165, 1.54) is 6.08 Å². The van der Waals surface area contributed by atoms with Crippen molar-refractivity contribution in [1.82, 2.24) is 10.3 Å². The molecule has 0 radical (unpaired) electrons. The molecule has 1 amide bonds. The van der Waals surface area contributed by atoms with Gasteiger partial charge in [0.2, 0.25) is 0 Å². The summed E-state index contributed by atoms with van der Waals surface area (Å²) in [5.74, 6) is 3.00. The molecule has 3 aromatic rings. The second kappa shape index (κ2) is 10.6. The number of para-hydroxylation sites is 1. The van der Waals surface area contributed by atoms with Gasteiger partial charge in [-0.15, -0.1) is 6.42 Å². The van der Waals surface area contributed by atoms with Crippen LogP contribution in [0.1, 0.15) is 18.1 Å². The fourth-order valence-electron chi connectivity index (χ4n) is 3.18. The molecule has 3 rings (SSSR count). The highest BCUT2D eigenvalue weighted by Crippen LogP contribution is 2.29. The van der Waals surface area contributed by atoms with Crippen molar-refractivity contribution in [2.75, 3.05) is 19.8 Å². The van der Waals surface area contributed by atoms with Crippen molar-refractivity contribution >= 4 is 22.9 Å². The van der Waals surface area contributed by atoms with Crippen molar-refractivity contribution in [3.8, 4) is 29.9 Å². The van der Waals surface area contributed by atoms with Crippen molar-refractivity contribution < 1.29 is 14.3 Å². The molecule has 156 valence electrons. The second-order valence-electron chi connectivity index (χ2n) is 6.67. The van der Waals surface area contributed by atoms with E-state index in [2.05, 4.69) is 16.2 Å². The predicted molar refractivity (Wildman–Crippen MR) is 121 cm³/mol. The second-order valence-corrected chi connectivity index (χ2v) is 6.67. The fraction of sp³-hybridized carbons (Fsp3) is 0.200. The average molecular weight is 413 g/mol. The summed E-state index contributed by atoms with van der Waals surface area (Å²) in [5.41, 5.74) is 2.84. The molecule has 0 aliphatic rings. The topological polar surface area (TPSA) is 87.1 Å². The Hall–Kier alpha value is -4.16. The van der Waals surface area contributed by atoms with E-state index in [0.29, 0.717) is 36.6 Å². The van der Waals surface area contributed by atoms with Gasteiger partial charge in [-0.05, 0) is 48.7 Å². The number of aromatic amines is 1. The van der Waals surface area contributed by atoms with Crippen LogP contribution in [0.3, 0.4) is 0 Å².